The summed E-state index contributed by atoms with van der Waals surface area (Å²) >= 11 is 0. The van der Waals surface area contributed by atoms with Crippen molar-refractivity contribution in [3.05, 3.63) is 24.3 Å². The Morgan fingerprint density at radius 1 is 1.50 bits per heavy atom. The molecular formula is C6H9N3O. The van der Waals surface area contributed by atoms with Gasteiger partial charge in [0.15, 0.2) is 5.82 Å². The fourth-order valence-electron chi connectivity index (χ4n) is 0.581. The van der Waals surface area contributed by atoms with E-state index in [0.29, 0.717) is 5.82 Å². The number of nitrogens with two attached hydrogens (primary N) is 1. The van der Waals surface area contributed by atoms with Gasteiger partial charge >= 0.3 is 0 Å². The first-order chi connectivity index (χ1) is 4.84. The molecule has 0 radical (unpaired) electrons. The Kier molecular flexibility index (Phi) is 2.30. The third-order valence-electron chi connectivity index (χ3n) is 1.15. The summed E-state index contributed by atoms with van der Waals surface area (Å²) in [6.45, 7) is 1.79. The second kappa shape index (κ2) is 3.24. The summed E-state index contributed by atoms with van der Waals surface area (Å²) in [4.78, 5) is 12.4. The predicted octanol–water partition coefficient (Wildman–Crippen LogP) is 0.428. The van der Waals surface area contributed by atoms with Crippen LogP contribution in [0.2, 0.25) is 0 Å². The maximum absolute atomic E-state index is 4.92. The Hall–Kier alpha value is -1.00. The van der Waals surface area contributed by atoms with Crippen LogP contribution in [0.1, 0.15) is 18.9 Å². The normalized spacial score (nSPS) is 13.0. The molecule has 1 atom stereocenters. The van der Waals surface area contributed by atoms with E-state index in [2.05, 4.69) is 14.8 Å². The van der Waals surface area contributed by atoms with Crippen molar-refractivity contribution in [2.75, 3.05) is 0 Å². The first-order valence-corrected chi connectivity index (χ1v) is 2.97. The van der Waals surface area contributed by atoms with Gasteiger partial charge in [-0.15, -0.1) is 0 Å². The van der Waals surface area contributed by atoms with Gasteiger partial charge in [-0.3, -0.25) is 4.84 Å². The van der Waals surface area contributed by atoms with Crippen molar-refractivity contribution in [3.63, 3.8) is 0 Å². The Bertz CT molecular complexity index is 189. The van der Waals surface area contributed by atoms with Crippen LogP contribution in [0.4, 0.5) is 0 Å². The fourth-order valence-corrected chi connectivity index (χ4v) is 0.581. The Morgan fingerprint density at radius 3 is 2.60 bits per heavy atom. The van der Waals surface area contributed by atoms with Gasteiger partial charge in [0.05, 0.1) is 0 Å². The lowest BCUT2D eigenvalue weighted by molar-refractivity contribution is 0.0601. The second-order valence-corrected chi connectivity index (χ2v) is 1.89. The van der Waals surface area contributed by atoms with Gasteiger partial charge in [0, 0.05) is 12.4 Å². The highest BCUT2D eigenvalue weighted by atomic mass is 16.6. The molecule has 0 aliphatic carbocycles. The zero-order valence-corrected chi connectivity index (χ0v) is 5.69. The number of aromatic nitrogens is 2. The minimum Gasteiger partial charge on any atom is -0.293 e. The molecule has 54 valence electrons. The molecule has 0 aromatic carbocycles. The molecule has 0 saturated heterocycles. The minimum absolute atomic E-state index is 0.235. The van der Waals surface area contributed by atoms with Gasteiger partial charge in [-0.25, -0.2) is 15.9 Å². The summed E-state index contributed by atoms with van der Waals surface area (Å²) in [6, 6.07) is 1.74. The summed E-state index contributed by atoms with van der Waals surface area (Å²) in [7, 11) is 0. The highest BCUT2D eigenvalue weighted by molar-refractivity contribution is 4.90. The van der Waals surface area contributed by atoms with Crippen LogP contribution in [0.5, 0.6) is 0 Å². The molecular weight excluding hydrogens is 130 g/mol. The SMILES string of the molecule is CC(ON)c1ncccn1. The second-order valence-electron chi connectivity index (χ2n) is 1.89. The molecule has 1 aromatic rings. The first-order valence-electron chi connectivity index (χ1n) is 2.97. The summed E-state index contributed by atoms with van der Waals surface area (Å²) in [5.41, 5.74) is 0. The van der Waals surface area contributed by atoms with E-state index >= 15 is 0 Å². The zero-order chi connectivity index (χ0) is 7.40. The largest absolute Gasteiger partial charge is 0.293 e. The lowest BCUT2D eigenvalue weighted by atomic mass is 10.4. The molecule has 0 saturated carbocycles. The fraction of sp³-hybridized carbons (Fsp3) is 0.333. The Morgan fingerprint density at radius 2 is 2.10 bits per heavy atom. The molecule has 1 heterocycles. The van der Waals surface area contributed by atoms with E-state index in [0.717, 1.165) is 0 Å². The summed E-state index contributed by atoms with van der Waals surface area (Å²) in [5, 5.41) is 0. The highest BCUT2D eigenvalue weighted by Crippen LogP contribution is 2.05. The summed E-state index contributed by atoms with van der Waals surface area (Å²) in [6.07, 6.45) is 3.07. The van der Waals surface area contributed by atoms with E-state index in [-0.39, 0.29) is 6.10 Å². The van der Waals surface area contributed by atoms with E-state index < -0.39 is 0 Å². The van der Waals surface area contributed by atoms with Gasteiger partial charge in [0.1, 0.15) is 6.10 Å². The van der Waals surface area contributed by atoms with Crippen LogP contribution in [0.15, 0.2) is 18.5 Å². The molecule has 1 unspecified atom stereocenters. The van der Waals surface area contributed by atoms with Crippen molar-refractivity contribution in [3.8, 4) is 0 Å². The third kappa shape index (κ3) is 1.49. The summed E-state index contributed by atoms with van der Waals surface area (Å²) in [5.74, 6) is 5.53. The van der Waals surface area contributed by atoms with Crippen LogP contribution in [0, 0.1) is 0 Å². The van der Waals surface area contributed by atoms with Crippen molar-refractivity contribution in [1.29, 1.82) is 0 Å². The van der Waals surface area contributed by atoms with E-state index in [1.807, 2.05) is 0 Å². The lowest BCUT2D eigenvalue weighted by Gasteiger charge is -2.04. The van der Waals surface area contributed by atoms with Crippen molar-refractivity contribution < 1.29 is 4.84 Å². The van der Waals surface area contributed by atoms with Crippen molar-refractivity contribution in [1.82, 2.24) is 9.97 Å². The maximum Gasteiger partial charge on any atom is 0.158 e. The molecule has 0 aliphatic rings. The monoisotopic (exact) mass is 139 g/mol. The lowest BCUT2D eigenvalue weighted by Crippen LogP contribution is -2.08. The van der Waals surface area contributed by atoms with E-state index in [4.69, 9.17) is 5.90 Å². The molecule has 0 aliphatic heterocycles. The van der Waals surface area contributed by atoms with E-state index in [1.54, 1.807) is 25.4 Å². The van der Waals surface area contributed by atoms with Gasteiger partial charge in [-0.1, -0.05) is 0 Å². The predicted molar refractivity (Wildman–Crippen MR) is 35.7 cm³/mol. The van der Waals surface area contributed by atoms with E-state index in [9.17, 15) is 0 Å². The van der Waals surface area contributed by atoms with Crippen LogP contribution < -0.4 is 5.90 Å². The molecule has 1 aromatic heterocycles. The maximum atomic E-state index is 4.92. The molecule has 10 heavy (non-hydrogen) atoms. The van der Waals surface area contributed by atoms with Crippen LogP contribution >= 0.6 is 0 Å². The van der Waals surface area contributed by atoms with Gasteiger partial charge in [0.25, 0.3) is 0 Å². The van der Waals surface area contributed by atoms with E-state index in [1.165, 1.54) is 0 Å². The quantitative estimate of drug-likeness (QED) is 0.603. The van der Waals surface area contributed by atoms with Gasteiger partial charge in [-0.05, 0) is 13.0 Å². The number of hydrogen-bond acceptors (Lipinski definition) is 4. The Balaban J connectivity index is 2.75. The van der Waals surface area contributed by atoms with Crippen molar-refractivity contribution in [2.24, 2.45) is 5.90 Å². The van der Waals surface area contributed by atoms with Crippen LogP contribution in [-0.2, 0) is 4.84 Å². The number of hydrogen-bond donors (Lipinski definition) is 1. The molecule has 4 nitrogen and oxygen atoms in total. The van der Waals surface area contributed by atoms with Gasteiger partial charge in [0.2, 0.25) is 0 Å². The number of nitrogens with zero attached hydrogens (tertiary/aromatic N) is 2. The summed E-state index contributed by atoms with van der Waals surface area (Å²) < 4.78 is 0. The van der Waals surface area contributed by atoms with Gasteiger partial charge in [-0.2, -0.15) is 0 Å². The average molecular weight is 139 g/mol. The molecule has 0 amide bonds. The highest BCUT2D eigenvalue weighted by Gasteiger charge is 2.04. The molecule has 1 rings (SSSR count). The topological polar surface area (TPSA) is 61.0 Å². The third-order valence-corrected chi connectivity index (χ3v) is 1.15. The van der Waals surface area contributed by atoms with Crippen LogP contribution in [-0.4, -0.2) is 9.97 Å². The molecule has 4 heteroatoms. The minimum atomic E-state index is -0.235. The molecule has 0 bridgehead atoms. The standard InChI is InChI=1S/C6H9N3O/c1-5(10-7)6-8-3-2-4-9-6/h2-5H,7H2,1H3. The van der Waals surface area contributed by atoms with Crippen molar-refractivity contribution in [2.45, 2.75) is 13.0 Å². The smallest absolute Gasteiger partial charge is 0.158 e. The molecule has 2 N–H and O–H groups in total. The first kappa shape index (κ1) is 7.11. The molecule has 0 spiro atoms. The van der Waals surface area contributed by atoms with Crippen molar-refractivity contribution >= 4 is 0 Å². The number of rotatable bonds is 2. The average Bonchev–Trinajstić information content (AvgIpc) is 2.05. The zero-order valence-electron chi connectivity index (χ0n) is 5.69. The van der Waals surface area contributed by atoms with Crippen LogP contribution in [0.25, 0.3) is 0 Å². The molecule has 0 fully saturated rings. The Labute approximate surface area is 59.0 Å². The van der Waals surface area contributed by atoms with Crippen LogP contribution in [0.3, 0.4) is 0 Å². The van der Waals surface area contributed by atoms with Gasteiger partial charge < -0.3 is 0 Å².